The van der Waals surface area contributed by atoms with Crippen LogP contribution in [0, 0.1) is 11.8 Å². The normalized spacial score (nSPS) is 44.3. The zero-order chi connectivity index (χ0) is 35.6. The zero-order valence-corrected chi connectivity index (χ0v) is 22.4. The summed E-state index contributed by atoms with van der Waals surface area (Å²) < 4.78 is 110. The highest BCUT2D eigenvalue weighted by Gasteiger charge is 2.56. The molecule has 3 fully saturated rings. The average molecular weight is 596 g/mol. The Labute approximate surface area is 250 Å². The number of hydrogen-bond donors (Lipinski definition) is 3. The van der Waals surface area contributed by atoms with E-state index in [9.17, 15) is 21.5 Å². The van der Waals surface area contributed by atoms with Crippen molar-refractivity contribution < 1.29 is 72.3 Å². The lowest BCUT2D eigenvalue weighted by molar-refractivity contribution is -0.364. The number of fused-ring (bicyclic) bond motifs is 4. The van der Waals surface area contributed by atoms with Crippen LogP contribution in [0.4, 0.5) is 0 Å². The van der Waals surface area contributed by atoms with Gasteiger partial charge in [0.1, 0.15) is 27.2 Å². The molecule has 3 N–H and O–H groups in total. The van der Waals surface area contributed by atoms with Crippen molar-refractivity contribution in [3.8, 4) is 28.7 Å². The van der Waals surface area contributed by atoms with E-state index >= 15 is 0 Å². The molecule has 42 heavy (non-hydrogen) atoms. The van der Waals surface area contributed by atoms with Crippen LogP contribution >= 0.6 is 0 Å². The van der Waals surface area contributed by atoms with Crippen molar-refractivity contribution in [3.05, 3.63) is 41.0 Å². The summed E-state index contributed by atoms with van der Waals surface area (Å²) in [6.45, 7) is -6.63. The molecule has 2 aromatic rings. The SMILES string of the molecule is [2H]C1([2H])Oc2cc3c(cc2O1)[C@@]([2H])(c1cc(OC)c(O)c(OC)c1)[C@H]1C(=O)OC([2H])([2H])[C@@H]1[C@@H]3O[C@@H]1O[C@H]2[C@@H](O[C@H](C)OC2([2H])[2H])[C@H](O)[C@H]1O. The summed E-state index contributed by atoms with van der Waals surface area (Å²) in [5.41, 5.74) is -0.165. The number of rotatable bonds is 5. The predicted molar refractivity (Wildman–Crippen MR) is 138 cm³/mol. The number of benzene rings is 2. The van der Waals surface area contributed by atoms with Crippen LogP contribution in [0.15, 0.2) is 24.3 Å². The van der Waals surface area contributed by atoms with Crippen molar-refractivity contribution in [2.75, 3.05) is 34.1 Å². The Morgan fingerprint density at radius 1 is 0.952 bits per heavy atom. The average Bonchev–Trinajstić information content (AvgIpc) is 3.45. The monoisotopic (exact) mass is 595 g/mol. The van der Waals surface area contributed by atoms with Gasteiger partial charge in [-0.05, 0) is 47.9 Å². The van der Waals surface area contributed by atoms with Crippen LogP contribution < -0.4 is 18.9 Å². The molecule has 0 bridgehead atoms. The van der Waals surface area contributed by atoms with Crippen molar-refractivity contribution in [1.82, 2.24) is 0 Å². The van der Waals surface area contributed by atoms with Crippen LogP contribution in [0.5, 0.6) is 28.7 Å². The van der Waals surface area contributed by atoms with Crippen LogP contribution in [-0.4, -0.2) is 92.4 Å². The molecule has 226 valence electrons. The van der Waals surface area contributed by atoms with Crippen LogP contribution in [0.3, 0.4) is 0 Å². The molecular weight excluding hydrogens is 556 g/mol. The maximum absolute atomic E-state index is 13.7. The van der Waals surface area contributed by atoms with E-state index in [1.54, 1.807) is 0 Å². The fourth-order valence-electron chi connectivity index (χ4n) is 5.91. The van der Waals surface area contributed by atoms with Crippen LogP contribution in [0.1, 0.15) is 45.2 Å². The number of aliphatic hydroxyl groups excluding tert-OH is 2. The number of phenolic OH excluding ortho intramolecular Hbond substituents is 1. The highest BCUT2D eigenvalue weighted by molar-refractivity contribution is 5.79. The number of methoxy groups -OCH3 is 2. The third kappa shape index (κ3) is 4.26. The molecule has 0 radical (unpaired) electrons. The van der Waals surface area contributed by atoms with Crippen molar-refractivity contribution >= 4 is 5.97 Å². The van der Waals surface area contributed by atoms with Gasteiger partial charge in [0.15, 0.2) is 35.6 Å². The number of cyclic esters (lactones) is 1. The van der Waals surface area contributed by atoms with E-state index in [0.717, 1.165) is 0 Å². The van der Waals surface area contributed by atoms with E-state index in [0.29, 0.717) is 0 Å². The molecule has 10 atom stereocenters. The van der Waals surface area contributed by atoms with Crippen molar-refractivity contribution in [1.29, 1.82) is 0 Å². The molecule has 4 heterocycles. The summed E-state index contributed by atoms with van der Waals surface area (Å²) in [6.07, 6.45) is -11.4. The van der Waals surface area contributed by atoms with Gasteiger partial charge in [-0.25, -0.2) is 0 Å². The first-order chi connectivity index (χ1) is 22.8. The molecule has 3 saturated heterocycles. The molecule has 0 saturated carbocycles. The minimum absolute atomic E-state index is 0.0312. The lowest BCUT2D eigenvalue weighted by Gasteiger charge is -2.47. The Kier molecular flexibility index (Phi) is 5.11. The summed E-state index contributed by atoms with van der Waals surface area (Å²) in [7, 11) is 2.50. The fraction of sp³-hybridized carbons (Fsp3) is 0.552. The Morgan fingerprint density at radius 2 is 1.64 bits per heavy atom. The molecule has 0 aromatic heterocycles. The maximum Gasteiger partial charge on any atom is 0.310 e. The summed E-state index contributed by atoms with van der Waals surface area (Å²) >= 11 is 0. The maximum atomic E-state index is 13.7. The first kappa shape index (κ1) is 20.6. The third-order valence-electron chi connectivity index (χ3n) is 7.88. The van der Waals surface area contributed by atoms with Crippen LogP contribution in [-0.2, 0) is 28.5 Å². The topological polar surface area (TPSA) is 161 Å². The summed E-state index contributed by atoms with van der Waals surface area (Å²) in [6, 6.07) is 4.98. The fourth-order valence-corrected chi connectivity index (χ4v) is 5.91. The summed E-state index contributed by atoms with van der Waals surface area (Å²) in [5, 5.41) is 32.8. The van der Waals surface area contributed by atoms with Gasteiger partial charge in [0, 0.05) is 13.2 Å². The molecule has 13 nitrogen and oxygen atoms in total. The van der Waals surface area contributed by atoms with Gasteiger partial charge in [0.05, 0.1) is 44.8 Å². The molecule has 7 rings (SSSR count). The number of carbonyl (C=O) groups is 1. The number of hydrogen-bond acceptors (Lipinski definition) is 13. The molecule has 2 aromatic carbocycles. The highest BCUT2D eigenvalue weighted by Crippen LogP contribution is 2.57. The quantitative estimate of drug-likeness (QED) is 0.425. The first-order valence-corrected chi connectivity index (χ1v) is 13.1. The molecule has 13 heteroatoms. The van der Waals surface area contributed by atoms with E-state index in [4.69, 9.17) is 50.9 Å². The van der Waals surface area contributed by atoms with Gasteiger partial charge < -0.3 is 58.0 Å². The number of esters is 1. The first-order valence-electron chi connectivity index (χ1n) is 16.6. The van der Waals surface area contributed by atoms with Crippen molar-refractivity contribution in [2.24, 2.45) is 11.8 Å². The standard InChI is InChI=1S/C29H32O13/c1-11-36-9-20-27(40-11)24(31)25(32)29(41-20)42-26-14-7-17-16(38-10-39-17)6-13(14)21(22-15(26)8-37-28(22)33)12-4-18(34-2)23(30)19(5-12)35-3/h4-7,11,15,20-22,24-27,29-32H,8-10H2,1-3H3/t11-,15+,20-,21-,22+,24-,25-,26-,27-,29+/m1/s1/i8D2,9D2,10D2,21D. The van der Waals surface area contributed by atoms with E-state index in [1.807, 2.05) is 0 Å². The largest absolute Gasteiger partial charge is 0.502 e. The number of carbonyl (C=O) groups excluding carboxylic acids is 1. The molecule has 5 aliphatic rings. The second-order valence-electron chi connectivity index (χ2n) is 10.2. The van der Waals surface area contributed by atoms with Gasteiger partial charge in [0.25, 0.3) is 0 Å². The summed E-state index contributed by atoms with van der Waals surface area (Å²) in [4.78, 5) is 13.7. The number of ether oxygens (including phenoxy) is 9. The van der Waals surface area contributed by atoms with Gasteiger partial charge in [-0.2, -0.15) is 0 Å². The Hall–Kier alpha value is -3.33. The minimum Gasteiger partial charge on any atom is -0.502 e. The molecule has 0 amide bonds. The van der Waals surface area contributed by atoms with E-state index in [-0.39, 0.29) is 39.7 Å². The van der Waals surface area contributed by atoms with Gasteiger partial charge in [-0.15, -0.1) is 0 Å². The number of aliphatic hydroxyl groups is 2. The second-order valence-corrected chi connectivity index (χ2v) is 10.2. The summed E-state index contributed by atoms with van der Waals surface area (Å²) in [5.74, 6) is -7.94. The van der Waals surface area contributed by atoms with E-state index in [1.165, 1.54) is 45.4 Å². The van der Waals surface area contributed by atoms with Gasteiger partial charge in [-0.3, -0.25) is 4.79 Å². The van der Waals surface area contributed by atoms with Crippen molar-refractivity contribution in [2.45, 2.75) is 55.9 Å². The van der Waals surface area contributed by atoms with E-state index < -0.39 is 92.4 Å². The zero-order valence-electron chi connectivity index (χ0n) is 29.4. The Bertz CT molecular complexity index is 1670. The lowest BCUT2D eigenvalue weighted by Crippen LogP contribution is -2.63. The van der Waals surface area contributed by atoms with Crippen LogP contribution in [0.2, 0.25) is 0 Å². The molecular formula is C29H32O13. The van der Waals surface area contributed by atoms with Gasteiger partial charge in [0.2, 0.25) is 12.5 Å². The van der Waals surface area contributed by atoms with Crippen molar-refractivity contribution in [3.63, 3.8) is 0 Å². The van der Waals surface area contributed by atoms with E-state index in [2.05, 4.69) is 0 Å². The van der Waals surface area contributed by atoms with Gasteiger partial charge in [-0.1, -0.05) is 0 Å². The Morgan fingerprint density at radius 3 is 2.33 bits per heavy atom. The lowest BCUT2D eigenvalue weighted by atomic mass is 9.66. The minimum atomic E-state index is -2.84. The highest BCUT2D eigenvalue weighted by atomic mass is 16.8. The predicted octanol–water partition coefficient (Wildman–Crippen LogP) is 1.34. The number of phenols is 1. The molecule has 1 aliphatic carbocycles. The number of aromatic hydroxyl groups is 1. The smallest absolute Gasteiger partial charge is 0.310 e. The van der Waals surface area contributed by atoms with Gasteiger partial charge >= 0.3 is 5.97 Å². The molecule has 0 spiro atoms. The second kappa shape index (κ2) is 10.4. The molecule has 4 aliphatic heterocycles. The molecule has 0 unspecified atom stereocenters. The third-order valence-corrected chi connectivity index (χ3v) is 7.88. The Balaban J connectivity index is 1.42. The van der Waals surface area contributed by atoms with Crippen LogP contribution in [0.25, 0.3) is 0 Å².